The van der Waals surface area contributed by atoms with Crippen molar-refractivity contribution >= 4 is 0 Å². The van der Waals surface area contributed by atoms with Crippen molar-refractivity contribution in [2.45, 2.75) is 37.8 Å². The summed E-state index contributed by atoms with van der Waals surface area (Å²) in [5, 5.41) is 0. The molecule has 0 amide bonds. The van der Waals surface area contributed by atoms with E-state index in [1.165, 1.54) is 11.1 Å². The molecule has 1 fully saturated rings. The summed E-state index contributed by atoms with van der Waals surface area (Å²) < 4.78 is 5.47. The zero-order valence-corrected chi connectivity index (χ0v) is 9.71. The van der Waals surface area contributed by atoms with Gasteiger partial charge in [-0.15, -0.1) is 0 Å². The summed E-state index contributed by atoms with van der Waals surface area (Å²) in [4.78, 5) is 0. The molecule has 0 radical (unpaired) electrons. The van der Waals surface area contributed by atoms with Crippen LogP contribution in [0.4, 0.5) is 0 Å². The molecule has 82 valence electrons. The third-order valence-electron chi connectivity index (χ3n) is 3.43. The molecular formula is C13H19NO. The van der Waals surface area contributed by atoms with Crippen molar-refractivity contribution in [2.24, 2.45) is 5.73 Å². The van der Waals surface area contributed by atoms with Crippen LogP contribution in [0.25, 0.3) is 0 Å². The van der Waals surface area contributed by atoms with Gasteiger partial charge in [0.15, 0.2) is 0 Å². The standard InChI is InChI=1S/C13H19NO/c1-12(2,15-3)10-5-4-6-11(9-10)13(14)7-8-13/h4-6,9H,7-8,14H2,1-3H3. The predicted molar refractivity (Wildman–Crippen MR) is 61.6 cm³/mol. The number of benzene rings is 1. The van der Waals surface area contributed by atoms with Crippen molar-refractivity contribution < 1.29 is 4.74 Å². The Balaban J connectivity index is 2.35. The van der Waals surface area contributed by atoms with Gasteiger partial charge in [-0.2, -0.15) is 0 Å². The van der Waals surface area contributed by atoms with Gasteiger partial charge in [0.05, 0.1) is 5.60 Å². The van der Waals surface area contributed by atoms with Crippen LogP contribution < -0.4 is 5.73 Å². The first-order valence-electron chi connectivity index (χ1n) is 5.43. The Kier molecular flexibility index (Phi) is 2.36. The fourth-order valence-electron chi connectivity index (χ4n) is 1.74. The summed E-state index contributed by atoms with van der Waals surface area (Å²) >= 11 is 0. The van der Waals surface area contributed by atoms with Gasteiger partial charge < -0.3 is 10.5 Å². The summed E-state index contributed by atoms with van der Waals surface area (Å²) in [6, 6.07) is 8.45. The molecule has 1 aliphatic rings. The number of rotatable bonds is 3. The fraction of sp³-hybridized carbons (Fsp3) is 0.538. The van der Waals surface area contributed by atoms with Crippen LogP contribution in [0.2, 0.25) is 0 Å². The molecule has 1 aromatic carbocycles. The third kappa shape index (κ3) is 1.92. The molecular weight excluding hydrogens is 186 g/mol. The van der Waals surface area contributed by atoms with Gasteiger partial charge in [0.2, 0.25) is 0 Å². The molecule has 0 aromatic heterocycles. The number of ether oxygens (including phenoxy) is 1. The van der Waals surface area contributed by atoms with Crippen molar-refractivity contribution in [3.63, 3.8) is 0 Å². The van der Waals surface area contributed by atoms with E-state index >= 15 is 0 Å². The summed E-state index contributed by atoms with van der Waals surface area (Å²) in [7, 11) is 1.74. The molecule has 1 saturated carbocycles. The molecule has 2 heteroatoms. The number of hydrogen-bond acceptors (Lipinski definition) is 2. The van der Waals surface area contributed by atoms with Crippen LogP contribution in [0.1, 0.15) is 37.8 Å². The van der Waals surface area contributed by atoms with E-state index in [0.29, 0.717) is 0 Å². The van der Waals surface area contributed by atoms with E-state index in [9.17, 15) is 0 Å². The number of nitrogens with two attached hydrogens (primary N) is 1. The normalized spacial score (nSPS) is 18.9. The lowest BCUT2D eigenvalue weighted by atomic mass is 9.93. The molecule has 0 aliphatic heterocycles. The first-order valence-corrected chi connectivity index (χ1v) is 5.43. The summed E-state index contributed by atoms with van der Waals surface area (Å²) in [5.41, 5.74) is 8.32. The third-order valence-corrected chi connectivity index (χ3v) is 3.43. The first kappa shape index (κ1) is 10.7. The largest absolute Gasteiger partial charge is 0.374 e. The average Bonchev–Trinajstić information content (AvgIpc) is 2.98. The molecule has 2 N–H and O–H groups in total. The van der Waals surface area contributed by atoms with Crippen LogP contribution in [-0.4, -0.2) is 7.11 Å². The summed E-state index contributed by atoms with van der Waals surface area (Å²) in [6.45, 7) is 4.14. The topological polar surface area (TPSA) is 35.2 Å². The molecule has 15 heavy (non-hydrogen) atoms. The van der Waals surface area contributed by atoms with Gasteiger partial charge in [0.1, 0.15) is 0 Å². The van der Waals surface area contributed by atoms with E-state index in [1.807, 2.05) is 0 Å². The van der Waals surface area contributed by atoms with Crippen molar-refractivity contribution in [2.75, 3.05) is 7.11 Å². The Morgan fingerprint density at radius 3 is 2.53 bits per heavy atom. The van der Waals surface area contributed by atoms with Crippen LogP contribution >= 0.6 is 0 Å². The molecule has 0 heterocycles. The first-order chi connectivity index (χ1) is 6.98. The fourth-order valence-corrected chi connectivity index (χ4v) is 1.74. The zero-order valence-electron chi connectivity index (χ0n) is 9.71. The molecule has 0 bridgehead atoms. The van der Waals surface area contributed by atoms with Crippen molar-refractivity contribution in [3.8, 4) is 0 Å². The molecule has 1 aromatic rings. The number of hydrogen-bond donors (Lipinski definition) is 1. The van der Waals surface area contributed by atoms with E-state index in [0.717, 1.165) is 12.8 Å². The van der Waals surface area contributed by atoms with E-state index in [4.69, 9.17) is 10.5 Å². The average molecular weight is 205 g/mol. The quantitative estimate of drug-likeness (QED) is 0.823. The van der Waals surface area contributed by atoms with E-state index in [1.54, 1.807) is 7.11 Å². The molecule has 2 rings (SSSR count). The minimum absolute atomic E-state index is 0.0557. The highest BCUT2D eigenvalue weighted by Gasteiger charge is 2.40. The Morgan fingerprint density at radius 1 is 1.33 bits per heavy atom. The predicted octanol–water partition coefficient (Wildman–Crippen LogP) is 2.52. The van der Waals surface area contributed by atoms with Gasteiger partial charge in [-0.1, -0.05) is 24.3 Å². The maximum Gasteiger partial charge on any atom is 0.0871 e. The van der Waals surface area contributed by atoms with Gasteiger partial charge >= 0.3 is 0 Å². The van der Waals surface area contributed by atoms with Crippen molar-refractivity contribution in [1.29, 1.82) is 0 Å². The summed E-state index contributed by atoms with van der Waals surface area (Å²) in [6.07, 6.45) is 2.20. The maximum atomic E-state index is 6.18. The highest BCUT2D eigenvalue weighted by Crippen LogP contribution is 2.43. The van der Waals surface area contributed by atoms with Crippen molar-refractivity contribution in [3.05, 3.63) is 35.4 Å². The SMILES string of the molecule is COC(C)(C)c1cccc(C2(N)CC2)c1. The van der Waals surface area contributed by atoms with Crippen LogP contribution in [0.3, 0.4) is 0 Å². The molecule has 0 spiro atoms. The molecule has 1 aliphatic carbocycles. The molecule has 0 saturated heterocycles. The molecule has 0 atom stereocenters. The minimum Gasteiger partial charge on any atom is -0.374 e. The molecule has 0 unspecified atom stereocenters. The highest BCUT2D eigenvalue weighted by molar-refractivity contribution is 5.35. The van der Waals surface area contributed by atoms with Crippen LogP contribution in [0.15, 0.2) is 24.3 Å². The smallest absolute Gasteiger partial charge is 0.0871 e. The highest BCUT2D eigenvalue weighted by atomic mass is 16.5. The second-order valence-electron chi connectivity index (χ2n) is 4.95. The van der Waals surface area contributed by atoms with Gasteiger partial charge in [-0.25, -0.2) is 0 Å². The monoisotopic (exact) mass is 205 g/mol. The van der Waals surface area contributed by atoms with Gasteiger partial charge in [0.25, 0.3) is 0 Å². The van der Waals surface area contributed by atoms with E-state index in [2.05, 4.69) is 38.1 Å². The lowest BCUT2D eigenvalue weighted by molar-refractivity contribution is 0.0191. The van der Waals surface area contributed by atoms with Crippen LogP contribution in [0.5, 0.6) is 0 Å². The second-order valence-corrected chi connectivity index (χ2v) is 4.95. The van der Waals surface area contributed by atoms with Gasteiger partial charge in [-0.3, -0.25) is 0 Å². The second kappa shape index (κ2) is 3.32. The Hall–Kier alpha value is -0.860. The van der Waals surface area contributed by atoms with Gasteiger partial charge in [-0.05, 0) is 37.8 Å². The van der Waals surface area contributed by atoms with Crippen molar-refractivity contribution in [1.82, 2.24) is 0 Å². The Bertz CT molecular complexity index is 367. The minimum atomic E-state index is -0.235. The van der Waals surface area contributed by atoms with E-state index in [-0.39, 0.29) is 11.1 Å². The Morgan fingerprint density at radius 2 is 2.00 bits per heavy atom. The van der Waals surface area contributed by atoms with Gasteiger partial charge in [0, 0.05) is 12.6 Å². The van der Waals surface area contributed by atoms with Crippen LogP contribution in [0, 0.1) is 0 Å². The maximum absolute atomic E-state index is 6.18. The lowest BCUT2D eigenvalue weighted by Gasteiger charge is -2.24. The molecule has 2 nitrogen and oxygen atoms in total. The zero-order chi connectivity index (χ0) is 11.1. The van der Waals surface area contributed by atoms with E-state index < -0.39 is 0 Å². The Labute approximate surface area is 91.4 Å². The van der Waals surface area contributed by atoms with Crippen LogP contribution in [-0.2, 0) is 15.9 Å². The summed E-state index contributed by atoms with van der Waals surface area (Å²) in [5.74, 6) is 0. The lowest BCUT2D eigenvalue weighted by Crippen LogP contribution is -2.22. The number of methoxy groups -OCH3 is 1.